The maximum Gasteiger partial charge on any atom is 0.410 e. The number of nitrogens with one attached hydrogen (secondary N) is 1. The highest BCUT2D eigenvalue weighted by molar-refractivity contribution is 6.35. The zero-order valence-corrected chi connectivity index (χ0v) is 33.2. The van der Waals surface area contributed by atoms with Crippen molar-refractivity contribution in [1.29, 1.82) is 0 Å². The summed E-state index contributed by atoms with van der Waals surface area (Å²) in [7, 11) is 4.64. The van der Waals surface area contributed by atoms with Crippen LogP contribution in [0.15, 0.2) is 35.9 Å². The van der Waals surface area contributed by atoms with E-state index in [1.165, 1.54) is 18.9 Å². The molecule has 294 valence electrons. The van der Waals surface area contributed by atoms with E-state index in [1.807, 2.05) is 44.2 Å². The Labute approximate surface area is 317 Å². The number of aliphatic hydroxyl groups is 1. The van der Waals surface area contributed by atoms with Crippen molar-refractivity contribution in [3.05, 3.63) is 46.5 Å². The van der Waals surface area contributed by atoms with Crippen LogP contribution in [0.4, 0.5) is 15.3 Å². The monoisotopic (exact) mass is 761 g/mol. The molecule has 3 aliphatic heterocycles. The van der Waals surface area contributed by atoms with Crippen molar-refractivity contribution in [1.82, 2.24) is 10.2 Å². The maximum atomic E-state index is 14.1. The van der Waals surface area contributed by atoms with Crippen molar-refractivity contribution < 1.29 is 48.0 Å². The fourth-order valence-corrected chi connectivity index (χ4v) is 7.37. The van der Waals surface area contributed by atoms with Crippen LogP contribution in [0.5, 0.6) is 5.75 Å². The molecule has 6 atom stereocenters. The van der Waals surface area contributed by atoms with Crippen LogP contribution in [0.2, 0.25) is 5.02 Å². The second-order valence-corrected chi connectivity index (χ2v) is 16.1. The summed E-state index contributed by atoms with van der Waals surface area (Å²) in [5.41, 5.74) is -0.152. The Morgan fingerprint density at radius 2 is 1.81 bits per heavy atom. The molecule has 1 aromatic rings. The van der Waals surface area contributed by atoms with Crippen LogP contribution in [-0.2, 0) is 35.0 Å². The van der Waals surface area contributed by atoms with Crippen molar-refractivity contribution in [2.45, 2.75) is 116 Å². The van der Waals surface area contributed by atoms with Gasteiger partial charge in [-0.3, -0.25) is 9.59 Å². The number of carbonyl (C=O) groups excluding carboxylic acids is 4. The van der Waals surface area contributed by atoms with Crippen LogP contribution in [-0.4, -0.2) is 104 Å². The molecular formula is C39H56ClN3O10. The number of nitrogens with zero attached hydrogens (tertiary/aromatic N) is 2. The van der Waals surface area contributed by atoms with Crippen molar-refractivity contribution >= 4 is 41.4 Å². The minimum Gasteiger partial charge on any atom is -0.495 e. The zero-order valence-electron chi connectivity index (χ0n) is 32.4. The van der Waals surface area contributed by atoms with Gasteiger partial charge in [0, 0.05) is 33.7 Å². The highest BCUT2D eigenvalue weighted by atomic mass is 35.5. The molecular weight excluding hydrogens is 706 g/mol. The SMILES string of the molecule is COc1cc2cc(c1Cl)N(C)C(=O)CC(OC(=O)C1CCN(C(=O)OC(C)(C)C)CC1)[C@@](C)(O)C[C@H](C)C1CC(NC(=O)O1)C(OC)/C=C/C=C(\C)C2. The minimum absolute atomic E-state index is 0.0309. The van der Waals surface area contributed by atoms with Crippen LogP contribution < -0.4 is 15.0 Å². The summed E-state index contributed by atoms with van der Waals surface area (Å²) < 4.78 is 28.6. The number of fused-ring (bicyclic) bond motifs is 4. The quantitative estimate of drug-likeness (QED) is 0.277. The van der Waals surface area contributed by atoms with Gasteiger partial charge in [-0.15, -0.1) is 0 Å². The van der Waals surface area contributed by atoms with Crippen molar-refractivity contribution in [2.75, 3.05) is 39.3 Å². The summed E-state index contributed by atoms with van der Waals surface area (Å²) in [6.45, 7) is 11.3. The number of anilines is 1. The molecule has 0 saturated carbocycles. The molecule has 4 bridgehead atoms. The lowest BCUT2D eigenvalue weighted by molar-refractivity contribution is -0.174. The van der Waals surface area contributed by atoms with Gasteiger partial charge in [-0.25, -0.2) is 9.59 Å². The molecule has 4 unspecified atom stereocenters. The zero-order chi connectivity index (χ0) is 39.2. The number of halogens is 1. The summed E-state index contributed by atoms with van der Waals surface area (Å²) in [4.78, 5) is 56.2. The summed E-state index contributed by atoms with van der Waals surface area (Å²) >= 11 is 6.75. The van der Waals surface area contributed by atoms with Gasteiger partial charge < -0.3 is 43.9 Å². The molecule has 14 heteroatoms. The van der Waals surface area contributed by atoms with E-state index in [9.17, 15) is 24.3 Å². The van der Waals surface area contributed by atoms with Crippen LogP contribution >= 0.6 is 11.6 Å². The van der Waals surface area contributed by atoms with Gasteiger partial charge in [0.15, 0.2) is 0 Å². The lowest BCUT2D eigenvalue weighted by Gasteiger charge is -2.40. The molecule has 0 aliphatic carbocycles. The number of ether oxygens (including phenoxy) is 5. The van der Waals surface area contributed by atoms with Gasteiger partial charge in [-0.1, -0.05) is 42.3 Å². The number of carbonyl (C=O) groups is 4. The Morgan fingerprint density at radius 1 is 1.13 bits per heavy atom. The molecule has 0 radical (unpaired) electrons. The van der Waals surface area contributed by atoms with E-state index >= 15 is 0 Å². The number of rotatable bonds is 4. The van der Waals surface area contributed by atoms with E-state index in [-0.39, 0.29) is 17.9 Å². The Morgan fingerprint density at radius 3 is 2.43 bits per heavy atom. The second-order valence-electron chi connectivity index (χ2n) is 15.7. The summed E-state index contributed by atoms with van der Waals surface area (Å²) in [6.07, 6.45) is 3.52. The number of hydrogen-bond acceptors (Lipinski definition) is 10. The Kier molecular flexibility index (Phi) is 13.9. The number of piperidine rings is 1. The van der Waals surface area contributed by atoms with Crippen molar-refractivity contribution in [2.24, 2.45) is 11.8 Å². The third kappa shape index (κ3) is 11.1. The molecule has 2 fully saturated rings. The van der Waals surface area contributed by atoms with Crippen molar-refractivity contribution in [3.63, 3.8) is 0 Å². The number of likely N-dealkylation sites (tertiary alicyclic amines) is 1. The Balaban J connectivity index is 1.67. The van der Waals surface area contributed by atoms with E-state index in [2.05, 4.69) is 5.32 Å². The number of esters is 1. The lowest BCUT2D eigenvalue weighted by atomic mass is 9.82. The van der Waals surface area contributed by atoms with Crippen LogP contribution in [0.3, 0.4) is 0 Å². The molecule has 3 aliphatic rings. The molecule has 13 nitrogen and oxygen atoms in total. The number of hydrogen-bond donors (Lipinski definition) is 2. The first-order valence-electron chi connectivity index (χ1n) is 18.2. The fourth-order valence-electron chi connectivity index (χ4n) is 7.06. The Bertz CT molecular complexity index is 1560. The summed E-state index contributed by atoms with van der Waals surface area (Å²) in [5.74, 6) is -1.63. The third-order valence-corrected chi connectivity index (χ3v) is 10.5. The molecule has 2 saturated heterocycles. The molecule has 3 amide bonds. The smallest absolute Gasteiger partial charge is 0.410 e. The van der Waals surface area contributed by atoms with Gasteiger partial charge in [0.25, 0.3) is 0 Å². The summed E-state index contributed by atoms with van der Waals surface area (Å²) in [5, 5.41) is 15.2. The fraction of sp³-hybridized carbons (Fsp3) is 0.641. The topological polar surface area (TPSA) is 153 Å². The maximum absolute atomic E-state index is 14.1. The van der Waals surface area contributed by atoms with Crippen LogP contribution in [0, 0.1) is 11.8 Å². The molecule has 0 aromatic heterocycles. The molecule has 4 rings (SSSR count). The molecule has 0 spiro atoms. The van der Waals surface area contributed by atoms with Crippen LogP contribution in [0.1, 0.15) is 79.2 Å². The van der Waals surface area contributed by atoms with Gasteiger partial charge in [0.1, 0.15) is 28.6 Å². The normalized spacial score (nSPS) is 29.6. The van der Waals surface area contributed by atoms with Gasteiger partial charge in [-0.05, 0) is 83.9 Å². The molecule has 53 heavy (non-hydrogen) atoms. The van der Waals surface area contributed by atoms with Gasteiger partial charge in [-0.2, -0.15) is 0 Å². The number of amides is 3. The standard InChI is InChI=1S/C39H56ClN3O10/c1-23-11-10-12-29(49-8)27-20-30(51-36(46)41-27)24(2)22-39(6,48)32(21-33(44)42(7)28-18-25(17-23)19-31(50-9)34(28)40)52-35(45)26-13-15-43(16-14-26)37(47)53-38(3,4)5/h10-12,18-19,24,26-27,29-30,32,48H,13-17,20-22H2,1-9H3,(H,41,46)/b12-10+,23-11+/t24-,27?,29?,30?,32?,39-/m0/s1. The third-order valence-electron chi connectivity index (χ3n) is 10.1. The number of allylic oxidation sites excluding steroid dienone is 3. The predicted octanol–water partition coefficient (Wildman–Crippen LogP) is 5.98. The van der Waals surface area contributed by atoms with Crippen LogP contribution in [0.25, 0.3) is 0 Å². The largest absolute Gasteiger partial charge is 0.495 e. The highest BCUT2D eigenvalue weighted by Gasteiger charge is 2.44. The predicted molar refractivity (Wildman–Crippen MR) is 200 cm³/mol. The van der Waals surface area contributed by atoms with E-state index in [0.29, 0.717) is 50.2 Å². The molecule has 3 heterocycles. The number of benzene rings is 1. The first-order valence-corrected chi connectivity index (χ1v) is 18.6. The first kappa shape index (κ1) is 41.9. The number of methoxy groups -OCH3 is 2. The minimum atomic E-state index is -1.73. The second kappa shape index (κ2) is 17.6. The molecule has 1 aromatic carbocycles. The van der Waals surface area contributed by atoms with E-state index in [4.69, 9.17) is 35.3 Å². The lowest BCUT2D eigenvalue weighted by Crippen LogP contribution is -2.54. The van der Waals surface area contributed by atoms with E-state index < -0.39 is 71.5 Å². The van der Waals surface area contributed by atoms with Crippen molar-refractivity contribution in [3.8, 4) is 5.75 Å². The summed E-state index contributed by atoms with van der Waals surface area (Å²) in [6, 6.07) is 3.21. The highest BCUT2D eigenvalue weighted by Crippen LogP contribution is 2.38. The van der Waals surface area contributed by atoms with E-state index in [0.717, 1.165) is 11.1 Å². The Hall–Kier alpha value is -3.81. The first-order chi connectivity index (χ1) is 24.8. The average Bonchev–Trinajstić information content (AvgIpc) is 3.08. The van der Waals surface area contributed by atoms with Gasteiger partial charge in [0.05, 0.1) is 42.9 Å². The van der Waals surface area contributed by atoms with Gasteiger partial charge in [0.2, 0.25) is 5.91 Å². The van der Waals surface area contributed by atoms with E-state index in [1.54, 1.807) is 39.8 Å². The number of alkyl carbamates (subject to hydrolysis) is 1. The molecule has 2 N–H and O–H groups in total. The average molecular weight is 762 g/mol. The van der Waals surface area contributed by atoms with Gasteiger partial charge >= 0.3 is 18.2 Å².